The first kappa shape index (κ1) is 8.97. The number of nitriles is 1. The number of nitrogens with zero attached hydrogens (tertiary/aromatic N) is 1. The van der Waals surface area contributed by atoms with Crippen LogP contribution >= 0.6 is 0 Å². The van der Waals surface area contributed by atoms with Crippen molar-refractivity contribution in [2.24, 2.45) is 5.73 Å². The second-order valence-electron chi connectivity index (χ2n) is 3.48. The van der Waals surface area contributed by atoms with Crippen molar-refractivity contribution in [3.05, 3.63) is 28.6 Å². The lowest BCUT2D eigenvalue weighted by atomic mass is 10.00. The van der Waals surface area contributed by atoms with E-state index in [0.717, 1.165) is 24.0 Å². The van der Waals surface area contributed by atoms with Crippen LogP contribution in [-0.2, 0) is 6.42 Å². The van der Waals surface area contributed by atoms with Crippen LogP contribution < -0.4 is 11.5 Å². The average Bonchev–Trinajstić information content (AvgIpc) is 2.50. The van der Waals surface area contributed by atoms with Crippen molar-refractivity contribution in [2.75, 3.05) is 5.73 Å². The fourth-order valence-electron chi connectivity index (χ4n) is 1.94. The first-order valence-electron chi connectivity index (χ1n) is 4.41. The van der Waals surface area contributed by atoms with E-state index in [1.807, 2.05) is 6.07 Å². The maximum absolute atomic E-state index is 13.2. The van der Waals surface area contributed by atoms with Gasteiger partial charge in [0.05, 0.1) is 11.3 Å². The Morgan fingerprint density at radius 2 is 2.29 bits per heavy atom. The molecule has 1 aromatic rings. The van der Waals surface area contributed by atoms with Gasteiger partial charge in [-0.05, 0) is 30.0 Å². The van der Waals surface area contributed by atoms with Crippen molar-refractivity contribution < 1.29 is 4.39 Å². The molecule has 0 spiro atoms. The number of benzene rings is 1. The Balaban J connectivity index is 2.75. The quantitative estimate of drug-likeness (QED) is 0.605. The summed E-state index contributed by atoms with van der Waals surface area (Å²) in [5.41, 5.74) is 13.0. The van der Waals surface area contributed by atoms with Gasteiger partial charge in [-0.15, -0.1) is 0 Å². The lowest BCUT2D eigenvalue weighted by molar-refractivity contribution is 0.630. The third kappa shape index (κ3) is 1.06. The highest BCUT2D eigenvalue weighted by Crippen LogP contribution is 2.35. The number of aryl methyl sites for hydroxylation is 1. The molecule has 1 atom stereocenters. The molecule has 0 aromatic heterocycles. The van der Waals surface area contributed by atoms with E-state index >= 15 is 0 Å². The lowest BCUT2D eigenvalue weighted by Gasteiger charge is -2.09. The van der Waals surface area contributed by atoms with E-state index in [9.17, 15) is 4.39 Å². The number of nitrogen functional groups attached to an aromatic ring is 1. The molecular formula is C10H10FN3. The third-order valence-electron chi connectivity index (χ3n) is 2.65. The molecule has 72 valence electrons. The van der Waals surface area contributed by atoms with Crippen LogP contribution in [0.3, 0.4) is 0 Å². The van der Waals surface area contributed by atoms with Gasteiger partial charge in [-0.25, -0.2) is 4.39 Å². The Kier molecular flexibility index (Phi) is 1.90. The minimum Gasteiger partial charge on any atom is -0.395 e. The largest absolute Gasteiger partial charge is 0.395 e. The number of fused-ring (bicyclic) bond motifs is 1. The monoisotopic (exact) mass is 191 g/mol. The third-order valence-corrected chi connectivity index (χ3v) is 2.65. The van der Waals surface area contributed by atoms with Crippen LogP contribution in [0.1, 0.15) is 29.2 Å². The molecule has 1 aromatic carbocycles. The first-order valence-corrected chi connectivity index (χ1v) is 4.41. The molecule has 4 heteroatoms. The lowest BCUT2D eigenvalue weighted by Crippen LogP contribution is -2.09. The molecule has 0 amide bonds. The van der Waals surface area contributed by atoms with Crippen LogP contribution in [0.2, 0.25) is 0 Å². The summed E-state index contributed by atoms with van der Waals surface area (Å²) in [6.07, 6.45) is 1.48. The standard InChI is InChI=1S/C10H10FN3/c11-7-3-5-1-2-8(13)9(5)6(4-12)10(7)14/h3,8H,1-2,13-14H2/t8-/m0/s1. The molecule has 0 unspecified atom stereocenters. The molecule has 3 nitrogen and oxygen atoms in total. The molecule has 2 rings (SSSR count). The van der Waals surface area contributed by atoms with Gasteiger partial charge in [0, 0.05) is 6.04 Å². The Bertz CT molecular complexity index is 434. The Morgan fingerprint density at radius 3 is 2.93 bits per heavy atom. The average molecular weight is 191 g/mol. The summed E-state index contributed by atoms with van der Waals surface area (Å²) in [5, 5.41) is 8.87. The molecule has 14 heavy (non-hydrogen) atoms. The Morgan fingerprint density at radius 1 is 1.57 bits per heavy atom. The van der Waals surface area contributed by atoms with Gasteiger partial charge in [-0.3, -0.25) is 0 Å². The SMILES string of the molecule is N#Cc1c(N)c(F)cc2c1[C@@H](N)CC2. The summed E-state index contributed by atoms with van der Waals surface area (Å²) in [7, 11) is 0. The normalized spacial score (nSPS) is 19.1. The maximum Gasteiger partial charge on any atom is 0.147 e. The van der Waals surface area contributed by atoms with E-state index in [1.54, 1.807) is 0 Å². The molecule has 1 aliphatic rings. The van der Waals surface area contributed by atoms with Gasteiger partial charge < -0.3 is 11.5 Å². The zero-order valence-corrected chi connectivity index (χ0v) is 7.55. The zero-order chi connectivity index (χ0) is 10.3. The summed E-state index contributed by atoms with van der Waals surface area (Å²) < 4.78 is 13.2. The predicted octanol–water partition coefficient (Wildman–Crippen LogP) is 1.23. The van der Waals surface area contributed by atoms with E-state index in [1.165, 1.54) is 6.07 Å². The highest BCUT2D eigenvalue weighted by atomic mass is 19.1. The fraction of sp³-hybridized carbons (Fsp3) is 0.300. The summed E-state index contributed by atoms with van der Waals surface area (Å²) in [6.45, 7) is 0. The molecule has 0 radical (unpaired) electrons. The highest BCUT2D eigenvalue weighted by molar-refractivity contribution is 5.63. The van der Waals surface area contributed by atoms with Crippen LogP contribution in [-0.4, -0.2) is 0 Å². The zero-order valence-electron chi connectivity index (χ0n) is 7.55. The maximum atomic E-state index is 13.2. The molecule has 0 heterocycles. The van der Waals surface area contributed by atoms with E-state index in [2.05, 4.69) is 0 Å². The highest BCUT2D eigenvalue weighted by Gasteiger charge is 2.25. The van der Waals surface area contributed by atoms with E-state index < -0.39 is 5.82 Å². The molecule has 0 saturated heterocycles. The Labute approximate surface area is 81.1 Å². The second kappa shape index (κ2) is 2.96. The van der Waals surface area contributed by atoms with Crippen LogP contribution in [0.5, 0.6) is 0 Å². The number of hydrogen-bond acceptors (Lipinski definition) is 3. The van der Waals surface area contributed by atoms with E-state index in [4.69, 9.17) is 16.7 Å². The molecular weight excluding hydrogens is 181 g/mol. The number of rotatable bonds is 0. The van der Waals surface area contributed by atoms with Crippen LogP contribution in [0, 0.1) is 17.1 Å². The summed E-state index contributed by atoms with van der Waals surface area (Å²) >= 11 is 0. The predicted molar refractivity (Wildman–Crippen MR) is 50.8 cm³/mol. The summed E-state index contributed by atoms with van der Waals surface area (Å²) in [4.78, 5) is 0. The van der Waals surface area contributed by atoms with Crippen LogP contribution in [0.15, 0.2) is 6.07 Å². The van der Waals surface area contributed by atoms with Crippen LogP contribution in [0.25, 0.3) is 0 Å². The number of nitrogens with two attached hydrogens (primary N) is 2. The van der Waals surface area contributed by atoms with Crippen molar-refractivity contribution in [3.63, 3.8) is 0 Å². The molecule has 4 N–H and O–H groups in total. The Hall–Kier alpha value is -1.60. The van der Waals surface area contributed by atoms with Gasteiger partial charge in [0.2, 0.25) is 0 Å². The summed E-state index contributed by atoms with van der Waals surface area (Å²) in [6, 6.07) is 3.13. The van der Waals surface area contributed by atoms with Crippen molar-refractivity contribution in [2.45, 2.75) is 18.9 Å². The molecule has 0 saturated carbocycles. The topological polar surface area (TPSA) is 75.8 Å². The number of halogens is 1. The van der Waals surface area contributed by atoms with Gasteiger partial charge in [0.25, 0.3) is 0 Å². The van der Waals surface area contributed by atoms with Gasteiger partial charge in [0.1, 0.15) is 11.9 Å². The van der Waals surface area contributed by atoms with Crippen LogP contribution in [0.4, 0.5) is 10.1 Å². The smallest absolute Gasteiger partial charge is 0.147 e. The van der Waals surface area contributed by atoms with Gasteiger partial charge in [-0.2, -0.15) is 5.26 Å². The van der Waals surface area contributed by atoms with E-state index in [0.29, 0.717) is 0 Å². The molecule has 0 fully saturated rings. The molecule has 0 aliphatic heterocycles. The van der Waals surface area contributed by atoms with Crippen molar-refractivity contribution in [1.29, 1.82) is 5.26 Å². The fourth-order valence-corrected chi connectivity index (χ4v) is 1.94. The first-order chi connectivity index (χ1) is 6.65. The van der Waals surface area contributed by atoms with Crippen molar-refractivity contribution in [1.82, 2.24) is 0 Å². The van der Waals surface area contributed by atoms with Gasteiger partial charge in [0.15, 0.2) is 0 Å². The van der Waals surface area contributed by atoms with E-state index in [-0.39, 0.29) is 17.3 Å². The number of anilines is 1. The van der Waals surface area contributed by atoms with Gasteiger partial charge >= 0.3 is 0 Å². The van der Waals surface area contributed by atoms with Crippen molar-refractivity contribution >= 4 is 5.69 Å². The van der Waals surface area contributed by atoms with Gasteiger partial charge in [-0.1, -0.05) is 0 Å². The number of hydrogen-bond donors (Lipinski definition) is 2. The molecule has 1 aliphatic carbocycles. The summed E-state index contributed by atoms with van der Waals surface area (Å²) in [5.74, 6) is -0.519. The second-order valence-corrected chi connectivity index (χ2v) is 3.48. The minimum atomic E-state index is -0.519. The van der Waals surface area contributed by atoms with Crippen molar-refractivity contribution in [3.8, 4) is 6.07 Å². The minimum absolute atomic E-state index is 0.0800. The molecule has 0 bridgehead atoms.